The maximum atomic E-state index is 13.5. The lowest BCUT2D eigenvalue weighted by Gasteiger charge is -2.06. The standard InChI is InChI=1S/C24H17F3N2O2/c1-15-6-5-9-18(14-15)22(30)28-19-12-10-17(11-13-19)23-29-20(16-7-3-2-4-8-16)21(31-23)24(25,26)27/h2-14H,1H3,(H,28,30). The van der Waals surface area contributed by atoms with Crippen molar-refractivity contribution in [3.63, 3.8) is 0 Å². The molecule has 0 atom stereocenters. The Bertz CT molecular complexity index is 1210. The molecule has 4 nitrogen and oxygen atoms in total. The number of amides is 1. The second-order valence-electron chi connectivity index (χ2n) is 6.96. The largest absolute Gasteiger partial charge is 0.451 e. The Morgan fingerprint density at radius 1 is 0.903 bits per heavy atom. The summed E-state index contributed by atoms with van der Waals surface area (Å²) in [5, 5.41) is 2.76. The fourth-order valence-corrected chi connectivity index (χ4v) is 3.11. The second-order valence-corrected chi connectivity index (χ2v) is 6.96. The first-order chi connectivity index (χ1) is 14.8. The fourth-order valence-electron chi connectivity index (χ4n) is 3.11. The Morgan fingerprint density at radius 3 is 2.26 bits per heavy atom. The van der Waals surface area contributed by atoms with Crippen LogP contribution in [0.1, 0.15) is 21.7 Å². The molecule has 0 bridgehead atoms. The van der Waals surface area contributed by atoms with E-state index in [0.717, 1.165) is 5.56 Å². The highest BCUT2D eigenvalue weighted by Gasteiger charge is 2.40. The molecule has 0 unspecified atom stereocenters. The topological polar surface area (TPSA) is 55.1 Å². The number of nitrogens with zero attached hydrogens (tertiary/aromatic N) is 1. The second kappa shape index (κ2) is 8.10. The molecule has 4 aromatic rings. The van der Waals surface area contributed by atoms with Crippen LogP contribution in [0.3, 0.4) is 0 Å². The number of hydrogen-bond acceptors (Lipinski definition) is 3. The molecule has 1 heterocycles. The number of halogens is 3. The third-order valence-corrected chi connectivity index (χ3v) is 4.60. The van der Waals surface area contributed by atoms with Crippen LogP contribution in [0.2, 0.25) is 0 Å². The normalized spacial score (nSPS) is 11.4. The lowest BCUT2D eigenvalue weighted by atomic mass is 10.1. The van der Waals surface area contributed by atoms with Crippen molar-refractivity contribution in [3.8, 4) is 22.7 Å². The van der Waals surface area contributed by atoms with Crippen molar-refractivity contribution < 1.29 is 22.4 Å². The summed E-state index contributed by atoms with van der Waals surface area (Å²) in [7, 11) is 0. The number of carbonyl (C=O) groups is 1. The minimum absolute atomic E-state index is 0.150. The minimum atomic E-state index is -4.68. The predicted molar refractivity (Wildman–Crippen MR) is 112 cm³/mol. The summed E-state index contributed by atoms with van der Waals surface area (Å²) in [5.74, 6) is -1.58. The average molecular weight is 422 g/mol. The molecule has 0 aliphatic carbocycles. The molecular weight excluding hydrogens is 405 g/mol. The Balaban J connectivity index is 1.61. The molecule has 0 aliphatic heterocycles. The van der Waals surface area contributed by atoms with E-state index in [4.69, 9.17) is 4.42 Å². The number of aryl methyl sites for hydroxylation is 1. The van der Waals surface area contributed by atoms with Crippen LogP contribution < -0.4 is 5.32 Å². The molecule has 0 fully saturated rings. The summed E-state index contributed by atoms with van der Waals surface area (Å²) in [6.45, 7) is 1.89. The van der Waals surface area contributed by atoms with E-state index in [1.807, 2.05) is 13.0 Å². The molecule has 0 radical (unpaired) electrons. The lowest BCUT2D eigenvalue weighted by molar-refractivity contribution is -0.152. The smallest absolute Gasteiger partial charge is 0.431 e. The maximum absolute atomic E-state index is 13.5. The maximum Gasteiger partial charge on any atom is 0.451 e. The van der Waals surface area contributed by atoms with Crippen LogP contribution in [-0.4, -0.2) is 10.9 Å². The van der Waals surface area contributed by atoms with Crippen LogP contribution in [0.4, 0.5) is 18.9 Å². The summed E-state index contributed by atoms with van der Waals surface area (Å²) in [6, 6.07) is 21.5. The summed E-state index contributed by atoms with van der Waals surface area (Å²) < 4.78 is 45.5. The van der Waals surface area contributed by atoms with Crippen molar-refractivity contribution in [1.29, 1.82) is 0 Å². The number of oxazole rings is 1. The van der Waals surface area contributed by atoms with Gasteiger partial charge in [0.25, 0.3) is 5.91 Å². The van der Waals surface area contributed by atoms with Crippen molar-refractivity contribution in [2.24, 2.45) is 0 Å². The third kappa shape index (κ3) is 4.50. The van der Waals surface area contributed by atoms with E-state index in [1.54, 1.807) is 72.8 Å². The number of alkyl halides is 3. The van der Waals surface area contributed by atoms with E-state index >= 15 is 0 Å². The molecule has 0 aliphatic rings. The van der Waals surface area contributed by atoms with Gasteiger partial charge in [-0.15, -0.1) is 0 Å². The molecule has 1 N–H and O–H groups in total. The Labute approximate surface area is 176 Å². The molecular formula is C24H17F3N2O2. The van der Waals surface area contributed by atoms with Crippen molar-refractivity contribution in [1.82, 2.24) is 4.98 Å². The van der Waals surface area contributed by atoms with E-state index < -0.39 is 11.9 Å². The molecule has 3 aromatic carbocycles. The van der Waals surface area contributed by atoms with Gasteiger partial charge < -0.3 is 9.73 Å². The fraction of sp³-hybridized carbons (Fsp3) is 0.0833. The van der Waals surface area contributed by atoms with Gasteiger partial charge in [0.1, 0.15) is 5.69 Å². The average Bonchev–Trinajstić information content (AvgIpc) is 3.21. The summed E-state index contributed by atoms with van der Waals surface area (Å²) >= 11 is 0. The number of hydrogen-bond donors (Lipinski definition) is 1. The zero-order valence-corrected chi connectivity index (χ0v) is 16.4. The number of rotatable bonds is 4. The summed E-state index contributed by atoms with van der Waals surface area (Å²) in [5.41, 5.74) is 2.38. The van der Waals surface area contributed by atoms with Gasteiger partial charge in [0.15, 0.2) is 0 Å². The van der Waals surface area contributed by atoms with Gasteiger partial charge in [-0.2, -0.15) is 13.2 Å². The first-order valence-corrected chi connectivity index (χ1v) is 9.43. The van der Waals surface area contributed by atoms with Gasteiger partial charge in [0, 0.05) is 22.4 Å². The van der Waals surface area contributed by atoms with E-state index in [9.17, 15) is 18.0 Å². The molecule has 0 saturated heterocycles. The zero-order chi connectivity index (χ0) is 22.0. The molecule has 31 heavy (non-hydrogen) atoms. The quantitative estimate of drug-likeness (QED) is 0.404. The highest BCUT2D eigenvalue weighted by molar-refractivity contribution is 6.04. The van der Waals surface area contributed by atoms with E-state index in [0.29, 0.717) is 22.4 Å². The molecule has 4 rings (SSSR count). The van der Waals surface area contributed by atoms with Crippen molar-refractivity contribution >= 4 is 11.6 Å². The molecule has 0 spiro atoms. The van der Waals surface area contributed by atoms with Gasteiger partial charge in [0.05, 0.1) is 0 Å². The number of benzene rings is 3. The van der Waals surface area contributed by atoms with E-state index in [1.165, 1.54) is 0 Å². The van der Waals surface area contributed by atoms with Crippen molar-refractivity contribution in [2.75, 3.05) is 5.32 Å². The lowest BCUT2D eigenvalue weighted by Crippen LogP contribution is -2.11. The number of nitrogens with one attached hydrogen (secondary N) is 1. The molecule has 156 valence electrons. The van der Waals surface area contributed by atoms with Gasteiger partial charge >= 0.3 is 6.18 Å². The van der Waals surface area contributed by atoms with Gasteiger partial charge in [0.2, 0.25) is 11.7 Å². The molecule has 1 aromatic heterocycles. The Kier molecular flexibility index (Phi) is 5.33. The highest BCUT2D eigenvalue weighted by atomic mass is 19.4. The highest BCUT2D eigenvalue weighted by Crippen LogP contribution is 2.39. The minimum Gasteiger partial charge on any atom is -0.431 e. The van der Waals surface area contributed by atoms with Gasteiger partial charge in [-0.1, -0.05) is 48.0 Å². The predicted octanol–water partition coefficient (Wildman–Crippen LogP) is 6.59. The van der Waals surface area contributed by atoms with Crippen molar-refractivity contribution in [2.45, 2.75) is 13.1 Å². The van der Waals surface area contributed by atoms with Gasteiger partial charge in [-0.25, -0.2) is 4.98 Å². The van der Waals surface area contributed by atoms with Gasteiger partial charge in [-0.05, 0) is 43.3 Å². The van der Waals surface area contributed by atoms with Crippen LogP contribution in [0, 0.1) is 6.92 Å². The van der Waals surface area contributed by atoms with E-state index in [-0.39, 0.29) is 17.5 Å². The molecule has 1 amide bonds. The first kappa shape index (κ1) is 20.4. The van der Waals surface area contributed by atoms with Crippen LogP contribution in [0.5, 0.6) is 0 Å². The van der Waals surface area contributed by atoms with Crippen LogP contribution in [0.15, 0.2) is 83.3 Å². The van der Waals surface area contributed by atoms with Crippen LogP contribution in [-0.2, 0) is 6.18 Å². The van der Waals surface area contributed by atoms with Crippen LogP contribution in [0.25, 0.3) is 22.7 Å². The Hall–Kier alpha value is -3.87. The first-order valence-electron chi connectivity index (χ1n) is 9.43. The molecule has 7 heteroatoms. The SMILES string of the molecule is Cc1cccc(C(=O)Nc2ccc(-c3nc(-c4ccccc4)c(C(F)(F)F)o3)cc2)c1. The van der Waals surface area contributed by atoms with Crippen molar-refractivity contribution in [3.05, 3.63) is 95.7 Å². The zero-order valence-electron chi connectivity index (χ0n) is 16.4. The summed E-state index contributed by atoms with van der Waals surface area (Å²) in [6.07, 6.45) is -4.68. The number of carbonyl (C=O) groups excluding carboxylic acids is 1. The molecule has 0 saturated carbocycles. The third-order valence-electron chi connectivity index (χ3n) is 4.60. The van der Waals surface area contributed by atoms with Gasteiger partial charge in [-0.3, -0.25) is 4.79 Å². The Morgan fingerprint density at radius 2 is 1.61 bits per heavy atom. The van der Waals surface area contributed by atoms with Crippen LogP contribution >= 0.6 is 0 Å². The number of anilines is 1. The monoisotopic (exact) mass is 422 g/mol. The van der Waals surface area contributed by atoms with E-state index in [2.05, 4.69) is 10.3 Å². The summed E-state index contributed by atoms with van der Waals surface area (Å²) in [4.78, 5) is 16.5. The number of aromatic nitrogens is 1.